The third-order valence-electron chi connectivity index (χ3n) is 5.43. The van der Waals surface area contributed by atoms with E-state index in [9.17, 15) is 4.79 Å². The second kappa shape index (κ2) is 10.7. The first-order valence-electron chi connectivity index (χ1n) is 10.7. The Kier molecular flexibility index (Phi) is 8.65. The molecule has 0 atom stereocenters. The van der Waals surface area contributed by atoms with Gasteiger partial charge in [-0.25, -0.2) is 0 Å². The molecule has 0 unspecified atom stereocenters. The molecule has 2 rings (SSSR count). The van der Waals surface area contributed by atoms with E-state index in [0.717, 1.165) is 59.9 Å². The fourth-order valence-corrected chi connectivity index (χ4v) is 3.83. The third kappa shape index (κ3) is 6.54. The van der Waals surface area contributed by atoms with E-state index < -0.39 is 0 Å². The number of hydrogen-bond acceptors (Lipinski definition) is 2. The molecule has 0 radical (unpaired) electrons. The monoisotopic (exact) mass is 417 g/mol. The molecule has 0 aliphatic carbocycles. The summed E-state index contributed by atoms with van der Waals surface area (Å²) in [6, 6.07) is 6.22. The zero-order valence-corrected chi connectivity index (χ0v) is 19.6. The van der Waals surface area contributed by atoms with Crippen molar-refractivity contribution in [2.75, 3.05) is 32.7 Å². The van der Waals surface area contributed by atoms with Gasteiger partial charge < -0.3 is 20.1 Å². The highest BCUT2D eigenvalue weighted by Crippen LogP contribution is 2.19. The number of thiocarbonyl (C=S) groups is 1. The minimum absolute atomic E-state index is 0.0330. The number of likely N-dealkylation sites (N-methyl/N-ethyl adjacent to an activating group) is 1. The maximum atomic E-state index is 12.8. The molecule has 0 saturated heterocycles. The van der Waals surface area contributed by atoms with Crippen LogP contribution < -0.4 is 15.8 Å². The van der Waals surface area contributed by atoms with Gasteiger partial charge in [0.15, 0.2) is 5.11 Å². The highest BCUT2D eigenvalue weighted by Gasteiger charge is 2.16. The Morgan fingerprint density at radius 1 is 1.21 bits per heavy atom. The van der Waals surface area contributed by atoms with Crippen molar-refractivity contribution in [2.24, 2.45) is 5.92 Å². The van der Waals surface area contributed by atoms with Crippen molar-refractivity contribution in [2.45, 2.75) is 48.1 Å². The number of fused-ring (bicyclic) bond motifs is 1. The molecule has 5 nitrogen and oxygen atoms in total. The van der Waals surface area contributed by atoms with Crippen LogP contribution >= 0.6 is 12.2 Å². The average molecular weight is 418 g/mol. The Labute approximate surface area is 180 Å². The predicted octanol–water partition coefficient (Wildman–Crippen LogP) is 2.40. The quantitative estimate of drug-likeness (QED) is 0.549. The molecule has 1 aromatic heterocycles. The Bertz CT molecular complexity index is 886. The smallest absolute Gasteiger partial charge is 0.253 e. The molecule has 0 aliphatic heterocycles. The van der Waals surface area contributed by atoms with Gasteiger partial charge in [0.05, 0.1) is 32.7 Å². The molecule has 0 aliphatic rings. The molecule has 1 heterocycles. The number of aromatic amines is 1. The molecule has 160 valence electrons. The zero-order valence-electron chi connectivity index (χ0n) is 18.8. The van der Waals surface area contributed by atoms with Gasteiger partial charge in [0.2, 0.25) is 0 Å². The predicted molar refractivity (Wildman–Crippen MR) is 127 cm³/mol. The van der Waals surface area contributed by atoms with Crippen LogP contribution in [-0.4, -0.2) is 47.7 Å². The molecule has 0 spiro atoms. The van der Waals surface area contributed by atoms with Crippen molar-refractivity contribution < 1.29 is 4.90 Å². The summed E-state index contributed by atoms with van der Waals surface area (Å²) in [6.45, 7) is 18.2. The number of nitrogens with zero attached hydrogens (tertiary/aromatic N) is 1. The number of hydrogen-bond donors (Lipinski definition) is 3. The number of benzene rings is 1. The highest BCUT2D eigenvalue weighted by molar-refractivity contribution is 7.80. The Morgan fingerprint density at radius 2 is 1.90 bits per heavy atom. The topological polar surface area (TPSA) is 52.6 Å². The minimum atomic E-state index is -0.0330. The van der Waals surface area contributed by atoms with Gasteiger partial charge in [-0.1, -0.05) is 19.9 Å². The Morgan fingerprint density at radius 3 is 2.52 bits per heavy atom. The first-order valence-corrected chi connectivity index (χ1v) is 11.1. The molecule has 6 heteroatoms. The summed E-state index contributed by atoms with van der Waals surface area (Å²) in [4.78, 5) is 19.5. The summed E-state index contributed by atoms with van der Waals surface area (Å²) in [5.74, 6) is 0.512. The first kappa shape index (κ1) is 23.4. The van der Waals surface area contributed by atoms with Crippen molar-refractivity contribution >= 4 is 28.2 Å². The number of aryl methyl sites for hydroxylation is 2. The van der Waals surface area contributed by atoms with Gasteiger partial charge in [0.1, 0.15) is 0 Å². The summed E-state index contributed by atoms with van der Waals surface area (Å²) >= 11 is 5.69. The van der Waals surface area contributed by atoms with E-state index in [4.69, 9.17) is 12.2 Å². The van der Waals surface area contributed by atoms with Crippen LogP contribution in [0.5, 0.6) is 0 Å². The first-order chi connectivity index (χ1) is 13.7. The van der Waals surface area contributed by atoms with Crippen molar-refractivity contribution in [3.63, 3.8) is 0 Å². The maximum Gasteiger partial charge on any atom is 0.253 e. The average Bonchev–Trinajstić information content (AvgIpc) is 2.66. The largest absolute Gasteiger partial charge is 0.362 e. The van der Waals surface area contributed by atoms with Gasteiger partial charge in [-0.15, -0.1) is 0 Å². The van der Waals surface area contributed by atoms with Crippen LogP contribution in [0.4, 0.5) is 0 Å². The molecule has 1 aromatic carbocycles. The van der Waals surface area contributed by atoms with E-state index >= 15 is 0 Å². The van der Waals surface area contributed by atoms with Crippen molar-refractivity contribution in [3.05, 3.63) is 45.2 Å². The molecule has 0 saturated carbocycles. The Hall–Kier alpha value is -1.92. The van der Waals surface area contributed by atoms with Gasteiger partial charge in [0, 0.05) is 23.0 Å². The lowest BCUT2D eigenvalue weighted by Gasteiger charge is -2.28. The van der Waals surface area contributed by atoms with E-state index in [-0.39, 0.29) is 5.56 Å². The lowest BCUT2D eigenvalue weighted by atomic mass is 10.0. The standard InChI is InChI=1S/C23H36N4OS/c1-7-26(8-2)9-10-27(23(29)24-14-16(3)4)15-19-13-20-18(6)11-17(5)12-21(20)25-22(19)28/h11-13,16H,7-10,14-15H2,1-6H3,(H,24,29)(H,25,28)/p+1. The number of aromatic nitrogens is 1. The van der Waals surface area contributed by atoms with Gasteiger partial charge >= 0.3 is 0 Å². The number of quaternary nitrogens is 1. The minimum Gasteiger partial charge on any atom is -0.362 e. The fraction of sp³-hybridized carbons (Fsp3) is 0.565. The van der Waals surface area contributed by atoms with Crippen molar-refractivity contribution in [1.82, 2.24) is 15.2 Å². The summed E-state index contributed by atoms with van der Waals surface area (Å²) in [5, 5.41) is 5.20. The normalized spacial score (nSPS) is 11.4. The highest BCUT2D eigenvalue weighted by atomic mass is 32.1. The number of nitrogens with one attached hydrogen (secondary N) is 3. The van der Waals surface area contributed by atoms with Gasteiger partial charge in [-0.2, -0.15) is 0 Å². The van der Waals surface area contributed by atoms with Crippen molar-refractivity contribution in [1.29, 1.82) is 0 Å². The van der Waals surface area contributed by atoms with E-state index in [0.29, 0.717) is 12.5 Å². The van der Waals surface area contributed by atoms with Crippen LogP contribution in [0.1, 0.15) is 44.4 Å². The number of pyridine rings is 1. The van der Waals surface area contributed by atoms with Crippen LogP contribution in [0.25, 0.3) is 10.9 Å². The lowest BCUT2D eigenvalue weighted by Crippen LogP contribution is -3.12. The van der Waals surface area contributed by atoms with Crippen LogP contribution in [0.15, 0.2) is 23.0 Å². The van der Waals surface area contributed by atoms with Crippen LogP contribution in [0.3, 0.4) is 0 Å². The van der Waals surface area contributed by atoms with Crippen molar-refractivity contribution in [3.8, 4) is 0 Å². The maximum absolute atomic E-state index is 12.8. The zero-order chi connectivity index (χ0) is 21.6. The van der Waals surface area contributed by atoms with Gasteiger partial charge in [-0.05, 0) is 69.1 Å². The molecular formula is C23H37N4OS+. The second-order valence-corrected chi connectivity index (χ2v) is 8.76. The van der Waals surface area contributed by atoms with Crippen LogP contribution in [0.2, 0.25) is 0 Å². The molecule has 3 N–H and O–H groups in total. The van der Waals surface area contributed by atoms with E-state index in [2.05, 4.69) is 62.8 Å². The molecular weight excluding hydrogens is 380 g/mol. The van der Waals surface area contributed by atoms with Crippen LogP contribution in [-0.2, 0) is 6.54 Å². The third-order valence-corrected chi connectivity index (χ3v) is 5.84. The Balaban J connectivity index is 2.29. The number of rotatable bonds is 9. The molecule has 29 heavy (non-hydrogen) atoms. The van der Waals surface area contributed by atoms with E-state index in [1.54, 1.807) is 0 Å². The SMILES string of the molecule is CC[NH+](CC)CCN(Cc1cc2c(C)cc(C)cc2[nH]c1=O)C(=S)NCC(C)C. The number of H-pyrrole nitrogens is 1. The summed E-state index contributed by atoms with van der Waals surface area (Å²) < 4.78 is 0. The molecule has 0 fully saturated rings. The van der Waals surface area contributed by atoms with Gasteiger partial charge in [0.25, 0.3) is 5.56 Å². The van der Waals surface area contributed by atoms with E-state index in [1.807, 2.05) is 12.1 Å². The molecule has 0 amide bonds. The van der Waals surface area contributed by atoms with Crippen LogP contribution in [0, 0.1) is 19.8 Å². The molecule has 2 aromatic rings. The summed E-state index contributed by atoms with van der Waals surface area (Å²) in [7, 11) is 0. The lowest BCUT2D eigenvalue weighted by molar-refractivity contribution is -0.895. The summed E-state index contributed by atoms with van der Waals surface area (Å²) in [6.07, 6.45) is 0. The van der Waals surface area contributed by atoms with Gasteiger partial charge in [-0.3, -0.25) is 4.79 Å². The second-order valence-electron chi connectivity index (χ2n) is 8.38. The fourth-order valence-electron chi connectivity index (χ4n) is 3.59. The molecule has 0 bridgehead atoms. The van der Waals surface area contributed by atoms with E-state index in [1.165, 1.54) is 10.5 Å². The summed E-state index contributed by atoms with van der Waals surface area (Å²) in [5.41, 5.74) is 3.95.